The maximum Gasteiger partial charge on any atom is 0.0521 e. The van der Waals surface area contributed by atoms with E-state index in [1.54, 1.807) is 30.6 Å². The molecule has 7 N–H and O–H groups in total. The van der Waals surface area contributed by atoms with Crippen LogP contribution in [0.2, 0.25) is 5.02 Å². The second kappa shape index (κ2) is 5.88. The van der Waals surface area contributed by atoms with Gasteiger partial charge in [0.25, 0.3) is 0 Å². The van der Waals surface area contributed by atoms with Crippen molar-refractivity contribution in [2.75, 3.05) is 11.5 Å². The second-order valence-electron chi connectivity index (χ2n) is 4.27. The molecule has 5 nitrogen and oxygen atoms in total. The van der Waals surface area contributed by atoms with Crippen LogP contribution in [-0.2, 0) is 6.42 Å². The molecule has 6 heteroatoms. The molecular weight excluding hydrogens is 262 g/mol. The van der Waals surface area contributed by atoms with Gasteiger partial charge in [-0.25, -0.2) is 0 Å². The summed E-state index contributed by atoms with van der Waals surface area (Å²) in [6, 6.07) is 6.95. The summed E-state index contributed by atoms with van der Waals surface area (Å²) in [5.41, 5.74) is 17.7. The number of benzene rings is 1. The summed E-state index contributed by atoms with van der Waals surface area (Å²) in [6.07, 6.45) is 3.98. The SMILES string of the molecule is NNC(Cc1cnccc1N)c1ccc(Cl)cc1N. The average Bonchev–Trinajstić information content (AvgIpc) is 2.39. The Morgan fingerprint density at radius 3 is 2.63 bits per heavy atom. The summed E-state index contributed by atoms with van der Waals surface area (Å²) in [7, 11) is 0. The van der Waals surface area contributed by atoms with Crippen molar-refractivity contribution in [3.8, 4) is 0 Å². The molecule has 1 atom stereocenters. The molecule has 0 aliphatic rings. The molecule has 0 spiro atoms. The zero-order valence-electron chi connectivity index (χ0n) is 10.3. The van der Waals surface area contributed by atoms with Crippen LogP contribution in [0.15, 0.2) is 36.7 Å². The van der Waals surface area contributed by atoms with Gasteiger partial charge in [0, 0.05) is 28.8 Å². The molecule has 1 aromatic carbocycles. The van der Waals surface area contributed by atoms with Crippen molar-refractivity contribution in [2.45, 2.75) is 12.5 Å². The monoisotopic (exact) mass is 277 g/mol. The van der Waals surface area contributed by atoms with E-state index in [0.717, 1.165) is 11.1 Å². The molecule has 0 aliphatic carbocycles. The quantitative estimate of drug-likeness (QED) is 0.386. The molecule has 0 aliphatic heterocycles. The van der Waals surface area contributed by atoms with Gasteiger partial charge in [-0.05, 0) is 35.7 Å². The first-order chi connectivity index (χ1) is 9.11. The Morgan fingerprint density at radius 1 is 1.21 bits per heavy atom. The third kappa shape index (κ3) is 3.14. The fourth-order valence-electron chi connectivity index (χ4n) is 1.95. The lowest BCUT2D eigenvalue weighted by atomic mass is 9.98. The van der Waals surface area contributed by atoms with E-state index in [4.69, 9.17) is 28.9 Å². The largest absolute Gasteiger partial charge is 0.398 e. The van der Waals surface area contributed by atoms with E-state index in [1.165, 1.54) is 0 Å². The molecule has 0 saturated heterocycles. The van der Waals surface area contributed by atoms with Crippen molar-refractivity contribution in [3.63, 3.8) is 0 Å². The third-order valence-electron chi connectivity index (χ3n) is 2.99. The van der Waals surface area contributed by atoms with Crippen molar-refractivity contribution in [2.24, 2.45) is 5.84 Å². The normalized spacial score (nSPS) is 12.3. The molecule has 1 unspecified atom stereocenters. The smallest absolute Gasteiger partial charge is 0.0521 e. The van der Waals surface area contributed by atoms with Crippen molar-refractivity contribution >= 4 is 23.0 Å². The Balaban J connectivity index is 2.28. The van der Waals surface area contributed by atoms with Crippen LogP contribution in [0.5, 0.6) is 0 Å². The number of pyridine rings is 1. The fourth-order valence-corrected chi connectivity index (χ4v) is 2.13. The first-order valence-electron chi connectivity index (χ1n) is 5.81. The highest BCUT2D eigenvalue weighted by atomic mass is 35.5. The molecule has 2 rings (SSSR count). The molecule has 0 radical (unpaired) electrons. The van der Waals surface area contributed by atoms with Gasteiger partial charge in [-0.1, -0.05) is 17.7 Å². The van der Waals surface area contributed by atoms with Crippen LogP contribution in [0.4, 0.5) is 11.4 Å². The number of hydrogen-bond donors (Lipinski definition) is 4. The van der Waals surface area contributed by atoms with E-state index in [9.17, 15) is 0 Å². The van der Waals surface area contributed by atoms with Crippen LogP contribution in [0.1, 0.15) is 17.2 Å². The van der Waals surface area contributed by atoms with E-state index in [0.29, 0.717) is 22.8 Å². The minimum absolute atomic E-state index is 0.149. The number of nitrogen functional groups attached to an aromatic ring is 2. The first-order valence-corrected chi connectivity index (χ1v) is 6.19. The lowest BCUT2D eigenvalue weighted by molar-refractivity contribution is 0.553. The van der Waals surface area contributed by atoms with E-state index in [2.05, 4.69) is 10.4 Å². The van der Waals surface area contributed by atoms with Crippen LogP contribution >= 0.6 is 11.6 Å². The number of rotatable bonds is 4. The van der Waals surface area contributed by atoms with Gasteiger partial charge < -0.3 is 11.5 Å². The first kappa shape index (κ1) is 13.6. The van der Waals surface area contributed by atoms with E-state index in [-0.39, 0.29) is 6.04 Å². The second-order valence-corrected chi connectivity index (χ2v) is 4.71. The Bertz CT molecular complexity index is 573. The predicted octanol–water partition coefficient (Wildman–Crippen LogP) is 1.65. The number of halogens is 1. The molecule has 19 heavy (non-hydrogen) atoms. The standard InChI is InChI=1S/C13H16ClN5/c14-9-1-2-10(12(16)6-9)13(19-17)5-8-7-18-4-3-11(8)15/h1-4,6-7,13,19H,5,16-17H2,(H2,15,18). The van der Waals surface area contributed by atoms with Crippen LogP contribution < -0.4 is 22.7 Å². The van der Waals surface area contributed by atoms with Gasteiger partial charge in [-0.15, -0.1) is 0 Å². The van der Waals surface area contributed by atoms with Gasteiger partial charge in [0.1, 0.15) is 0 Å². The fraction of sp³-hybridized carbons (Fsp3) is 0.154. The van der Waals surface area contributed by atoms with Crippen molar-refractivity contribution in [1.82, 2.24) is 10.4 Å². The van der Waals surface area contributed by atoms with Crippen molar-refractivity contribution in [3.05, 3.63) is 52.8 Å². The van der Waals surface area contributed by atoms with Crippen LogP contribution in [0, 0.1) is 0 Å². The van der Waals surface area contributed by atoms with Crippen molar-refractivity contribution in [1.29, 1.82) is 0 Å². The lowest BCUT2D eigenvalue weighted by Crippen LogP contribution is -2.30. The van der Waals surface area contributed by atoms with Crippen LogP contribution in [-0.4, -0.2) is 4.98 Å². The minimum Gasteiger partial charge on any atom is -0.398 e. The Kier molecular flexibility index (Phi) is 4.21. The van der Waals surface area contributed by atoms with Crippen LogP contribution in [0.3, 0.4) is 0 Å². The Hall–Kier alpha value is -1.82. The van der Waals surface area contributed by atoms with Gasteiger partial charge in [0.05, 0.1) is 6.04 Å². The third-order valence-corrected chi connectivity index (χ3v) is 3.23. The molecule has 1 heterocycles. The summed E-state index contributed by atoms with van der Waals surface area (Å²) in [6.45, 7) is 0. The zero-order chi connectivity index (χ0) is 13.8. The lowest BCUT2D eigenvalue weighted by Gasteiger charge is -2.19. The molecule has 0 fully saturated rings. The summed E-state index contributed by atoms with van der Waals surface area (Å²) in [4.78, 5) is 4.06. The molecule has 1 aromatic heterocycles. The van der Waals surface area contributed by atoms with E-state index < -0.39 is 0 Å². The maximum atomic E-state index is 5.96. The van der Waals surface area contributed by atoms with E-state index >= 15 is 0 Å². The summed E-state index contributed by atoms with van der Waals surface area (Å²) < 4.78 is 0. The van der Waals surface area contributed by atoms with Gasteiger partial charge >= 0.3 is 0 Å². The average molecular weight is 278 g/mol. The minimum atomic E-state index is -0.149. The van der Waals surface area contributed by atoms with Gasteiger partial charge in [0.15, 0.2) is 0 Å². The van der Waals surface area contributed by atoms with Gasteiger partial charge in [-0.2, -0.15) is 0 Å². The summed E-state index contributed by atoms with van der Waals surface area (Å²) >= 11 is 5.89. The molecule has 0 amide bonds. The predicted molar refractivity (Wildman–Crippen MR) is 78.3 cm³/mol. The maximum absolute atomic E-state index is 5.96. The zero-order valence-corrected chi connectivity index (χ0v) is 11.1. The van der Waals surface area contributed by atoms with Crippen LogP contribution in [0.25, 0.3) is 0 Å². The number of nitrogens with two attached hydrogens (primary N) is 3. The number of anilines is 2. The number of hydrogen-bond acceptors (Lipinski definition) is 5. The summed E-state index contributed by atoms with van der Waals surface area (Å²) in [5, 5.41) is 0.595. The highest BCUT2D eigenvalue weighted by molar-refractivity contribution is 6.30. The number of nitrogens with one attached hydrogen (secondary N) is 1. The summed E-state index contributed by atoms with van der Waals surface area (Å²) in [5.74, 6) is 5.61. The highest BCUT2D eigenvalue weighted by Crippen LogP contribution is 2.27. The number of hydrazine groups is 1. The molecular formula is C13H16ClN5. The van der Waals surface area contributed by atoms with Gasteiger partial charge in [0.2, 0.25) is 0 Å². The topological polar surface area (TPSA) is 103 Å². The van der Waals surface area contributed by atoms with Crippen molar-refractivity contribution < 1.29 is 0 Å². The molecule has 0 saturated carbocycles. The number of nitrogens with zero attached hydrogens (tertiary/aromatic N) is 1. The Morgan fingerprint density at radius 2 is 2.00 bits per heavy atom. The Labute approximate surface area is 116 Å². The van der Waals surface area contributed by atoms with Gasteiger partial charge in [-0.3, -0.25) is 16.3 Å². The molecule has 2 aromatic rings. The molecule has 0 bridgehead atoms. The number of aromatic nitrogens is 1. The van der Waals surface area contributed by atoms with E-state index in [1.807, 2.05) is 6.07 Å². The molecule has 100 valence electrons. The highest BCUT2D eigenvalue weighted by Gasteiger charge is 2.15.